The van der Waals surface area contributed by atoms with Gasteiger partial charge in [-0.1, -0.05) is 43.3 Å². The molecule has 0 spiro atoms. The van der Waals surface area contributed by atoms with Crippen LogP contribution in [0, 0.1) is 11.6 Å². The summed E-state index contributed by atoms with van der Waals surface area (Å²) in [6.45, 7) is 2.11. The summed E-state index contributed by atoms with van der Waals surface area (Å²) in [6.07, 6.45) is -2.56. The van der Waals surface area contributed by atoms with Gasteiger partial charge in [0.1, 0.15) is 0 Å². The van der Waals surface area contributed by atoms with Crippen molar-refractivity contribution < 1.29 is 26.7 Å². The fraction of sp³-hybridized carbons (Fsp3) is 0.217. The molecule has 1 nitrogen and oxygen atoms in total. The van der Waals surface area contributed by atoms with E-state index in [2.05, 4.69) is 29.9 Å². The third-order valence-corrected chi connectivity index (χ3v) is 5.19. The Morgan fingerprint density at radius 3 is 1.97 bits per heavy atom. The van der Waals surface area contributed by atoms with Crippen LogP contribution in [0.1, 0.15) is 23.6 Å². The van der Waals surface area contributed by atoms with E-state index in [1.165, 1.54) is 11.1 Å². The number of ether oxygens (including phenoxy) is 1. The van der Waals surface area contributed by atoms with E-state index in [1.54, 1.807) is 6.07 Å². The number of rotatable bonds is 3. The van der Waals surface area contributed by atoms with Crippen LogP contribution in [0.3, 0.4) is 0 Å². The van der Waals surface area contributed by atoms with Gasteiger partial charge in [0.05, 0.1) is 0 Å². The summed E-state index contributed by atoms with van der Waals surface area (Å²) in [4.78, 5) is 0. The summed E-state index contributed by atoms with van der Waals surface area (Å²) in [5.41, 5.74) is 6.48. The quantitative estimate of drug-likeness (QED) is 0.434. The summed E-state index contributed by atoms with van der Waals surface area (Å²) in [5, 5.41) is 0. The first-order chi connectivity index (χ1) is 13.7. The third-order valence-electron chi connectivity index (χ3n) is 5.19. The van der Waals surface area contributed by atoms with Crippen molar-refractivity contribution in [1.82, 2.24) is 0 Å². The Kier molecular flexibility index (Phi) is 4.81. The normalized spacial score (nSPS) is 13.0. The highest BCUT2D eigenvalue weighted by molar-refractivity contribution is 5.77. The number of hydrogen-bond donors (Lipinski definition) is 0. The Balaban J connectivity index is 1.71. The molecular weight excluding hydrogens is 387 g/mol. The standard InChI is InChI=1S/C23H17F5O/c1-2-13-3-7-18-15(9-13)4-5-16-10-14(6-8-19(16)18)17-11-20(24)22(21(25)12-17)29-23(26,27)28/h3,6-12H,2,4-5H2,1H3. The minimum absolute atomic E-state index is 0.157. The second-order valence-corrected chi connectivity index (χ2v) is 7.03. The highest BCUT2D eigenvalue weighted by atomic mass is 19.4. The maximum absolute atomic E-state index is 14.1. The first-order valence-corrected chi connectivity index (χ1v) is 9.25. The van der Waals surface area contributed by atoms with E-state index in [-0.39, 0.29) is 5.56 Å². The monoisotopic (exact) mass is 404 g/mol. The van der Waals surface area contributed by atoms with Gasteiger partial charge in [-0.15, -0.1) is 13.2 Å². The number of fused-ring (bicyclic) bond motifs is 3. The molecule has 1 aliphatic rings. The summed E-state index contributed by atoms with van der Waals surface area (Å²) < 4.78 is 68.6. The van der Waals surface area contributed by atoms with E-state index in [9.17, 15) is 22.0 Å². The first kappa shape index (κ1) is 19.4. The van der Waals surface area contributed by atoms with Crippen LogP contribution in [0.15, 0.2) is 48.5 Å². The minimum atomic E-state index is -5.17. The van der Waals surface area contributed by atoms with E-state index in [0.29, 0.717) is 5.56 Å². The molecule has 1 aliphatic carbocycles. The molecule has 0 unspecified atom stereocenters. The van der Waals surface area contributed by atoms with Crippen molar-refractivity contribution in [2.75, 3.05) is 0 Å². The molecule has 0 fully saturated rings. The van der Waals surface area contributed by atoms with E-state index in [0.717, 1.165) is 48.1 Å². The Morgan fingerprint density at radius 1 is 0.793 bits per heavy atom. The van der Waals surface area contributed by atoms with E-state index >= 15 is 0 Å². The fourth-order valence-electron chi connectivity index (χ4n) is 3.79. The Hall–Kier alpha value is -2.89. The predicted molar refractivity (Wildman–Crippen MR) is 101 cm³/mol. The van der Waals surface area contributed by atoms with Gasteiger partial charge in [0.2, 0.25) is 5.75 Å². The molecule has 29 heavy (non-hydrogen) atoms. The third kappa shape index (κ3) is 3.84. The smallest absolute Gasteiger partial charge is 0.399 e. The van der Waals surface area contributed by atoms with E-state index in [1.807, 2.05) is 12.1 Å². The first-order valence-electron chi connectivity index (χ1n) is 9.25. The average Bonchev–Trinajstić information content (AvgIpc) is 2.68. The molecule has 0 bridgehead atoms. The molecular formula is C23H17F5O. The lowest BCUT2D eigenvalue weighted by Crippen LogP contribution is -2.19. The van der Waals surface area contributed by atoms with Gasteiger partial charge in [0, 0.05) is 0 Å². The van der Waals surface area contributed by atoms with Crippen LogP contribution in [-0.4, -0.2) is 6.36 Å². The van der Waals surface area contributed by atoms with Crippen molar-refractivity contribution in [3.8, 4) is 28.0 Å². The van der Waals surface area contributed by atoms with Gasteiger partial charge in [-0.2, -0.15) is 0 Å². The molecule has 3 aromatic carbocycles. The fourth-order valence-corrected chi connectivity index (χ4v) is 3.79. The lowest BCUT2D eigenvalue weighted by molar-refractivity contribution is -0.276. The molecule has 4 rings (SSSR count). The molecule has 0 saturated carbocycles. The second kappa shape index (κ2) is 7.17. The number of benzene rings is 3. The van der Waals surface area contributed by atoms with Crippen molar-refractivity contribution >= 4 is 0 Å². The maximum atomic E-state index is 14.1. The summed E-state index contributed by atoms with van der Waals surface area (Å²) in [5.74, 6) is -4.24. The van der Waals surface area contributed by atoms with Gasteiger partial charge >= 0.3 is 6.36 Å². The second-order valence-electron chi connectivity index (χ2n) is 7.03. The van der Waals surface area contributed by atoms with Gasteiger partial charge in [0.15, 0.2) is 11.6 Å². The molecule has 0 amide bonds. The van der Waals surface area contributed by atoms with Crippen molar-refractivity contribution in [1.29, 1.82) is 0 Å². The lowest BCUT2D eigenvalue weighted by atomic mass is 9.83. The largest absolute Gasteiger partial charge is 0.573 e. The molecule has 3 aromatic rings. The molecule has 0 heterocycles. The number of aryl methyl sites for hydroxylation is 3. The number of hydrogen-bond acceptors (Lipinski definition) is 1. The van der Waals surface area contributed by atoms with E-state index < -0.39 is 23.7 Å². The van der Waals surface area contributed by atoms with Gasteiger partial charge in [-0.3, -0.25) is 0 Å². The van der Waals surface area contributed by atoms with Crippen LogP contribution in [0.2, 0.25) is 0 Å². The van der Waals surface area contributed by atoms with Crippen LogP contribution >= 0.6 is 0 Å². The summed E-state index contributed by atoms with van der Waals surface area (Å²) >= 11 is 0. The molecule has 0 aliphatic heterocycles. The van der Waals surface area contributed by atoms with Crippen LogP contribution in [-0.2, 0) is 19.3 Å². The van der Waals surface area contributed by atoms with Crippen LogP contribution in [0.25, 0.3) is 22.3 Å². The number of alkyl halides is 3. The molecule has 6 heteroatoms. The lowest BCUT2D eigenvalue weighted by Gasteiger charge is -2.21. The zero-order valence-corrected chi connectivity index (χ0v) is 15.5. The van der Waals surface area contributed by atoms with Gasteiger partial charge in [-0.05, 0) is 70.3 Å². The highest BCUT2D eigenvalue weighted by Crippen LogP contribution is 2.38. The number of halogens is 5. The molecule has 0 N–H and O–H groups in total. The van der Waals surface area contributed by atoms with Gasteiger partial charge in [-0.25, -0.2) is 8.78 Å². The topological polar surface area (TPSA) is 9.23 Å². The van der Waals surface area contributed by atoms with Crippen molar-refractivity contribution in [3.05, 3.63) is 76.9 Å². The average molecular weight is 404 g/mol. The molecule has 0 saturated heterocycles. The van der Waals surface area contributed by atoms with E-state index in [4.69, 9.17) is 0 Å². The maximum Gasteiger partial charge on any atom is 0.573 e. The van der Waals surface area contributed by atoms with Crippen LogP contribution in [0.4, 0.5) is 22.0 Å². The van der Waals surface area contributed by atoms with Crippen molar-refractivity contribution in [3.63, 3.8) is 0 Å². The zero-order valence-electron chi connectivity index (χ0n) is 15.5. The van der Waals surface area contributed by atoms with Crippen molar-refractivity contribution in [2.45, 2.75) is 32.5 Å². The van der Waals surface area contributed by atoms with Gasteiger partial charge < -0.3 is 4.74 Å². The highest BCUT2D eigenvalue weighted by Gasteiger charge is 2.34. The Labute approximate surface area is 164 Å². The summed E-state index contributed by atoms with van der Waals surface area (Å²) in [6, 6.07) is 13.6. The molecule has 0 aromatic heterocycles. The van der Waals surface area contributed by atoms with Gasteiger partial charge in [0.25, 0.3) is 0 Å². The molecule has 0 radical (unpaired) electrons. The SMILES string of the molecule is CCc1ccc2c(c1)CCc1cc(-c3cc(F)c(OC(F)(F)F)c(F)c3)ccc1-2. The van der Waals surface area contributed by atoms with Crippen LogP contribution in [0.5, 0.6) is 5.75 Å². The molecule has 150 valence electrons. The Morgan fingerprint density at radius 2 is 1.38 bits per heavy atom. The summed E-state index contributed by atoms with van der Waals surface area (Å²) in [7, 11) is 0. The Bertz CT molecular complexity index is 1060. The zero-order chi connectivity index (χ0) is 20.8. The van der Waals surface area contributed by atoms with Crippen LogP contribution < -0.4 is 4.74 Å². The molecule has 0 atom stereocenters. The van der Waals surface area contributed by atoms with Crippen molar-refractivity contribution in [2.24, 2.45) is 0 Å². The minimum Gasteiger partial charge on any atom is -0.399 e. The predicted octanol–water partition coefficient (Wildman–Crippen LogP) is 6.86.